The van der Waals surface area contributed by atoms with Crippen molar-refractivity contribution < 1.29 is 0 Å². The van der Waals surface area contributed by atoms with Gasteiger partial charge in [-0.3, -0.25) is 14.6 Å². The van der Waals surface area contributed by atoms with Gasteiger partial charge in [-0.05, 0) is 13.1 Å². The quantitative estimate of drug-likeness (QED) is 0.793. The van der Waals surface area contributed by atoms with Crippen LogP contribution in [0.3, 0.4) is 0 Å². The molecule has 108 valence electrons. The molecule has 2 heterocycles. The molecule has 0 radical (unpaired) electrons. The van der Waals surface area contributed by atoms with Gasteiger partial charge < -0.3 is 10.2 Å². The monoisotopic (exact) mass is 274 g/mol. The van der Waals surface area contributed by atoms with E-state index >= 15 is 0 Å². The number of likely N-dealkylation sites (N-methyl/N-ethyl adjacent to an activating group) is 1. The van der Waals surface area contributed by atoms with E-state index in [2.05, 4.69) is 39.1 Å². The third kappa shape index (κ3) is 4.31. The minimum absolute atomic E-state index is 0.662. The van der Waals surface area contributed by atoms with E-state index < -0.39 is 0 Å². The number of aromatic nitrogens is 4. The zero-order valence-electron chi connectivity index (χ0n) is 12.2. The molecule has 6 heteroatoms. The van der Waals surface area contributed by atoms with Crippen LogP contribution < -0.4 is 5.32 Å². The minimum atomic E-state index is 0.662. The average molecular weight is 274 g/mol. The molecule has 0 unspecified atom stereocenters. The second-order valence-electron chi connectivity index (χ2n) is 4.57. The maximum atomic E-state index is 4.36. The zero-order chi connectivity index (χ0) is 14.2. The Morgan fingerprint density at radius 3 is 2.75 bits per heavy atom. The maximum absolute atomic E-state index is 4.36. The highest BCUT2D eigenvalue weighted by molar-refractivity contribution is 5.38. The molecule has 0 aliphatic heterocycles. The molecule has 0 atom stereocenters. The Bertz CT molecular complexity index is 491. The van der Waals surface area contributed by atoms with Gasteiger partial charge in [0, 0.05) is 25.1 Å². The highest BCUT2D eigenvalue weighted by Gasteiger charge is 2.02. The van der Waals surface area contributed by atoms with Gasteiger partial charge in [0.05, 0.1) is 36.9 Å². The molecule has 1 N–H and O–H groups in total. The average Bonchev–Trinajstić information content (AvgIpc) is 2.95. The first-order valence-electron chi connectivity index (χ1n) is 7.05. The minimum Gasteiger partial charge on any atom is -0.377 e. The highest BCUT2D eigenvalue weighted by Crippen LogP contribution is 2.06. The molecule has 0 spiro atoms. The van der Waals surface area contributed by atoms with Crippen molar-refractivity contribution in [3.05, 3.63) is 36.7 Å². The summed E-state index contributed by atoms with van der Waals surface area (Å²) in [5, 5.41) is 7.66. The van der Waals surface area contributed by atoms with Crippen LogP contribution in [0.25, 0.3) is 0 Å². The topological polar surface area (TPSA) is 58.9 Å². The van der Waals surface area contributed by atoms with Gasteiger partial charge in [0.2, 0.25) is 0 Å². The van der Waals surface area contributed by atoms with E-state index in [0.29, 0.717) is 6.54 Å². The van der Waals surface area contributed by atoms with Crippen molar-refractivity contribution in [3.63, 3.8) is 0 Å². The Morgan fingerprint density at radius 1 is 1.20 bits per heavy atom. The number of nitrogens with one attached hydrogen (secondary N) is 1. The molecule has 0 bridgehead atoms. The second-order valence-corrected chi connectivity index (χ2v) is 4.57. The van der Waals surface area contributed by atoms with Gasteiger partial charge in [-0.1, -0.05) is 13.8 Å². The van der Waals surface area contributed by atoms with Crippen LogP contribution in [0, 0.1) is 0 Å². The molecule has 0 saturated heterocycles. The molecule has 0 fully saturated rings. The van der Waals surface area contributed by atoms with Gasteiger partial charge in [-0.15, -0.1) is 0 Å². The number of hydrogen-bond acceptors (Lipinski definition) is 5. The molecule has 0 aromatic carbocycles. The van der Waals surface area contributed by atoms with E-state index in [1.165, 1.54) is 0 Å². The van der Waals surface area contributed by atoms with Crippen molar-refractivity contribution in [2.75, 3.05) is 25.0 Å². The summed E-state index contributed by atoms with van der Waals surface area (Å²) >= 11 is 0. The van der Waals surface area contributed by atoms with Crippen molar-refractivity contribution in [2.45, 2.75) is 26.9 Å². The Morgan fingerprint density at radius 2 is 2.05 bits per heavy atom. The number of nitrogens with zero attached hydrogens (tertiary/aromatic N) is 5. The van der Waals surface area contributed by atoms with E-state index in [0.717, 1.165) is 37.6 Å². The number of hydrogen-bond donors (Lipinski definition) is 1. The van der Waals surface area contributed by atoms with E-state index in [1.807, 2.05) is 17.1 Å². The SMILES string of the molecule is CCN(CC)CCn1cc(NCc2cnccn2)cn1. The van der Waals surface area contributed by atoms with Gasteiger partial charge in [0.15, 0.2) is 0 Å². The lowest BCUT2D eigenvalue weighted by molar-refractivity contribution is 0.285. The van der Waals surface area contributed by atoms with E-state index in [4.69, 9.17) is 0 Å². The lowest BCUT2D eigenvalue weighted by Crippen LogP contribution is -2.27. The van der Waals surface area contributed by atoms with Crippen molar-refractivity contribution in [1.82, 2.24) is 24.6 Å². The molecule has 0 saturated carbocycles. The van der Waals surface area contributed by atoms with Crippen molar-refractivity contribution >= 4 is 5.69 Å². The van der Waals surface area contributed by atoms with E-state index in [-0.39, 0.29) is 0 Å². The summed E-state index contributed by atoms with van der Waals surface area (Å²) in [7, 11) is 0. The lowest BCUT2D eigenvalue weighted by Gasteiger charge is -2.17. The van der Waals surface area contributed by atoms with Gasteiger partial charge in [-0.2, -0.15) is 5.10 Å². The largest absolute Gasteiger partial charge is 0.377 e. The highest BCUT2D eigenvalue weighted by atomic mass is 15.3. The first-order chi connectivity index (χ1) is 9.81. The molecule has 2 aromatic heterocycles. The summed E-state index contributed by atoms with van der Waals surface area (Å²) in [6.07, 6.45) is 9.01. The summed E-state index contributed by atoms with van der Waals surface area (Å²) in [5.74, 6) is 0. The van der Waals surface area contributed by atoms with Crippen molar-refractivity contribution in [3.8, 4) is 0 Å². The Balaban J connectivity index is 1.80. The van der Waals surface area contributed by atoms with Crippen LogP contribution in [0.5, 0.6) is 0 Å². The van der Waals surface area contributed by atoms with Crippen LogP contribution in [-0.4, -0.2) is 44.3 Å². The molecule has 2 rings (SSSR count). The summed E-state index contributed by atoms with van der Waals surface area (Å²) in [6.45, 7) is 9.12. The first kappa shape index (κ1) is 14.5. The predicted molar refractivity (Wildman–Crippen MR) is 79.4 cm³/mol. The van der Waals surface area contributed by atoms with Gasteiger partial charge in [-0.25, -0.2) is 0 Å². The number of anilines is 1. The van der Waals surface area contributed by atoms with Crippen LogP contribution in [0.1, 0.15) is 19.5 Å². The second kappa shape index (κ2) is 7.59. The summed E-state index contributed by atoms with van der Waals surface area (Å²) in [5.41, 5.74) is 1.93. The molecular weight excluding hydrogens is 252 g/mol. The van der Waals surface area contributed by atoms with Crippen molar-refractivity contribution in [2.24, 2.45) is 0 Å². The zero-order valence-corrected chi connectivity index (χ0v) is 12.2. The molecule has 0 amide bonds. The molecule has 0 aliphatic carbocycles. The Labute approximate surface area is 119 Å². The fourth-order valence-electron chi connectivity index (χ4n) is 1.97. The number of rotatable bonds is 8. The fourth-order valence-corrected chi connectivity index (χ4v) is 1.97. The smallest absolute Gasteiger partial charge is 0.0777 e. The van der Waals surface area contributed by atoms with Crippen LogP contribution in [0.4, 0.5) is 5.69 Å². The Kier molecular flexibility index (Phi) is 5.49. The maximum Gasteiger partial charge on any atom is 0.0777 e. The molecule has 0 aliphatic rings. The van der Waals surface area contributed by atoms with Crippen LogP contribution in [-0.2, 0) is 13.1 Å². The standard InChI is InChI=1S/C14H22N6/c1-3-19(4-2)7-8-20-12-14(11-18-20)17-10-13-9-15-5-6-16-13/h5-6,9,11-12,17H,3-4,7-8,10H2,1-2H3. The van der Waals surface area contributed by atoms with E-state index in [9.17, 15) is 0 Å². The van der Waals surface area contributed by atoms with Gasteiger partial charge >= 0.3 is 0 Å². The molecule has 20 heavy (non-hydrogen) atoms. The normalized spacial score (nSPS) is 10.9. The summed E-state index contributed by atoms with van der Waals surface area (Å²) in [4.78, 5) is 10.6. The van der Waals surface area contributed by atoms with Crippen LogP contribution in [0.15, 0.2) is 31.0 Å². The molecular formula is C14H22N6. The first-order valence-corrected chi connectivity index (χ1v) is 7.05. The predicted octanol–water partition coefficient (Wildman–Crippen LogP) is 1.63. The fraction of sp³-hybridized carbons (Fsp3) is 0.500. The Hall–Kier alpha value is -1.95. The molecule has 6 nitrogen and oxygen atoms in total. The van der Waals surface area contributed by atoms with Crippen LogP contribution in [0.2, 0.25) is 0 Å². The lowest BCUT2D eigenvalue weighted by atomic mass is 10.4. The summed E-state index contributed by atoms with van der Waals surface area (Å²) in [6, 6.07) is 0. The molecule has 2 aromatic rings. The van der Waals surface area contributed by atoms with Gasteiger partial charge in [0.1, 0.15) is 0 Å². The van der Waals surface area contributed by atoms with E-state index in [1.54, 1.807) is 18.6 Å². The third-order valence-corrected chi connectivity index (χ3v) is 3.26. The van der Waals surface area contributed by atoms with Gasteiger partial charge in [0.25, 0.3) is 0 Å². The van der Waals surface area contributed by atoms with Crippen LogP contribution >= 0.6 is 0 Å². The summed E-state index contributed by atoms with van der Waals surface area (Å²) < 4.78 is 1.97. The third-order valence-electron chi connectivity index (χ3n) is 3.26. The van der Waals surface area contributed by atoms with Crippen molar-refractivity contribution in [1.29, 1.82) is 0 Å².